The zero-order valence-electron chi connectivity index (χ0n) is 7.04. The van der Waals surface area contributed by atoms with E-state index >= 15 is 0 Å². The van der Waals surface area contributed by atoms with Crippen LogP contribution < -0.4 is 0 Å². The van der Waals surface area contributed by atoms with E-state index in [-0.39, 0.29) is 11.7 Å². The van der Waals surface area contributed by atoms with Gasteiger partial charge in [0.1, 0.15) is 0 Å². The Morgan fingerprint density at radius 2 is 1.69 bits per heavy atom. The highest BCUT2D eigenvalue weighted by Crippen LogP contribution is 2.13. The van der Waals surface area contributed by atoms with Gasteiger partial charge in [-0.3, -0.25) is 4.79 Å². The highest BCUT2D eigenvalue weighted by molar-refractivity contribution is 9.09. The van der Waals surface area contributed by atoms with Gasteiger partial charge in [-0.25, -0.2) is 0 Å². The minimum atomic E-state index is 0.0300. The third kappa shape index (κ3) is 2.92. The second-order valence-corrected chi connectivity index (χ2v) is 4.03. The Balaban J connectivity index is 2.78. The number of rotatable bonds is 4. The van der Waals surface area contributed by atoms with Gasteiger partial charge in [0.05, 0.1) is 0 Å². The predicted molar refractivity (Wildman–Crippen MR) is 61.9 cm³/mol. The van der Waals surface area contributed by atoms with Crippen molar-refractivity contribution in [2.45, 2.75) is 0 Å². The van der Waals surface area contributed by atoms with E-state index in [1.54, 1.807) is 0 Å². The van der Waals surface area contributed by atoms with Gasteiger partial charge in [0.2, 0.25) is 0 Å². The summed E-state index contributed by atoms with van der Waals surface area (Å²) in [6.45, 7) is 0. The Kier molecular flexibility index (Phi) is 4.67. The number of hydrogen-bond donors (Lipinski definition) is 0. The van der Waals surface area contributed by atoms with Crippen LogP contribution in [0.4, 0.5) is 0 Å². The fourth-order valence-corrected chi connectivity index (χ4v) is 2.68. The first-order valence-electron chi connectivity index (χ1n) is 4.00. The Labute approximate surface area is 94.8 Å². The van der Waals surface area contributed by atoms with Crippen LogP contribution in [-0.4, -0.2) is 16.4 Å². The lowest BCUT2D eigenvalue weighted by Gasteiger charge is -2.08. The van der Waals surface area contributed by atoms with Crippen LogP contribution in [0, 0.1) is 5.92 Å². The smallest absolute Gasteiger partial charge is 0.167 e. The Bertz CT molecular complexity index is 268. The molecule has 0 radical (unpaired) electrons. The molecule has 13 heavy (non-hydrogen) atoms. The minimum absolute atomic E-state index is 0.0300. The van der Waals surface area contributed by atoms with Crippen LogP contribution in [0.1, 0.15) is 10.4 Å². The van der Waals surface area contributed by atoms with Crippen LogP contribution >= 0.6 is 31.9 Å². The summed E-state index contributed by atoms with van der Waals surface area (Å²) in [5.41, 5.74) is 0.784. The lowest BCUT2D eigenvalue weighted by Crippen LogP contribution is -2.17. The molecule has 0 saturated carbocycles. The summed E-state index contributed by atoms with van der Waals surface area (Å²) < 4.78 is 0. The third-order valence-electron chi connectivity index (χ3n) is 1.80. The molecule has 0 heterocycles. The first-order valence-corrected chi connectivity index (χ1v) is 6.25. The number of benzene rings is 1. The van der Waals surface area contributed by atoms with Gasteiger partial charge in [-0.15, -0.1) is 0 Å². The molecule has 0 atom stereocenters. The van der Waals surface area contributed by atoms with E-state index in [2.05, 4.69) is 31.9 Å². The van der Waals surface area contributed by atoms with Crippen LogP contribution in [0.15, 0.2) is 30.3 Å². The molecule has 0 fully saturated rings. The Hall–Kier alpha value is -0.150. The van der Waals surface area contributed by atoms with Gasteiger partial charge < -0.3 is 0 Å². The quantitative estimate of drug-likeness (QED) is 0.616. The monoisotopic (exact) mass is 304 g/mol. The molecule has 0 aliphatic carbocycles. The number of Topliss-reactive ketones (excluding diaryl/α,β-unsaturated/α-hetero) is 1. The van der Waals surface area contributed by atoms with E-state index in [0.717, 1.165) is 5.56 Å². The van der Waals surface area contributed by atoms with E-state index < -0.39 is 0 Å². The van der Waals surface area contributed by atoms with Gasteiger partial charge in [0.15, 0.2) is 5.78 Å². The molecule has 1 rings (SSSR count). The molecule has 1 aromatic carbocycles. The summed E-state index contributed by atoms with van der Waals surface area (Å²) >= 11 is 6.65. The summed E-state index contributed by atoms with van der Waals surface area (Å²) in [5.74, 6) is 0.219. The van der Waals surface area contributed by atoms with Crippen LogP contribution in [0.2, 0.25) is 0 Å². The van der Waals surface area contributed by atoms with Gasteiger partial charge in [-0.05, 0) is 0 Å². The number of halogens is 2. The predicted octanol–water partition coefficient (Wildman–Crippen LogP) is 3.28. The fourth-order valence-electron chi connectivity index (χ4n) is 1.02. The molecule has 3 heteroatoms. The normalized spacial score (nSPS) is 10.4. The molecule has 0 spiro atoms. The molecule has 1 nitrogen and oxygen atoms in total. The molecule has 0 unspecified atom stereocenters. The molecule has 0 aromatic heterocycles. The van der Waals surface area contributed by atoms with Gasteiger partial charge >= 0.3 is 0 Å². The molecular formula is C10H10Br2O. The number of hydrogen-bond acceptors (Lipinski definition) is 1. The maximum atomic E-state index is 11.7. The Morgan fingerprint density at radius 1 is 1.15 bits per heavy atom. The van der Waals surface area contributed by atoms with Crippen LogP contribution in [-0.2, 0) is 0 Å². The van der Waals surface area contributed by atoms with Crippen LogP contribution in [0.5, 0.6) is 0 Å². The zero-order chi connectivity index (χ0) is 9.68. The van der Waals surface area contributed by atoms with E-state index in [4.69, 9.17) is 0 Å². The number of alkyl halides is 2. The lowest BCUT2D eigenvalue weighted by atomic mass is 10.0. The van der Waals surface area contributed by atoms with Crippen LogP contribution in [0.25, 0.3) is 0 Å². The average Bonchev–Trinajstić information content (AvgIpc) is 2.21. The first kappa shape index (κ1) is 10.9. The molecule has 0 aliphatic rings. The molecule has 70 valence electrons. The molecule has 1 aromatic rings. The van der Waals surface area contributed by atoms with Crippen molar-refractivity contribution in [2.24, 2.45) is 5.92 Å². The van der Waals surface area contributed by atoms with E-state index in [1.807, 2.05) is 30.3 Å². The van der Waals surface area contributed by atoms with Crippen molar-refractivity contribution in [3.8, 4) is 0 Å². The fraction of sp³-hybridized carbons (Fsp3) is 0.300. The van der Waals surface area contributed by atoms with Crippen LogP contribution in [0.3, 0.4) is 0 Å². The van der Waals surface area contributed by atoms with Gasteiger partial charge in [-0.1, -0.05) is 62.2 Å². The number of carbonyl (C=O) groups is 1. The molecule has 0 bridgehead atoms. The summed E-state index contributed by atoms with van der Waals surface area (Å²) in [5, 5.41) is 1.40. The van der Waals surface area contributed by atoms with Gasteiger partial charge in [0, 0.05) is 22.1 Å². The SMILES string of the molecule is O=C(c1ccccc1)C(CBr)CBr. The van der Waals surface area contributed by atoms with E-state index in [9.17, 15) is 4.79 Å². The summed E-state index contributed by atoms with van der Waals surface area (Å²) in [6.07, 6.45) is 0. The summed E-state index contributed by atoms with van der Waals surface area (Å²) in [6, 6.07) is 9.37. The number of carbonyl (C=O) groups excluding carboxylic acids is 1. The van der Waals surface area contributed by atoms with Gasteiger partial charge in [0.25, 0.3) is 0 Å². The zero-order valence-corrected chi connectivity index (χ0v) is 10.2. The summed E-state index contributed by atoms with van der Waals surface area (Å²) in [7, 11) is 0. The largest absolute Gasteiger partial charge is 0.294 e. The molecule has 0 N–H and O–H groups in total. The highest BCUT2D eigenvalue weighted by atomic mass is 79.9. The van der Waals surface area contributed by atoms with E-state index in [0.29, 0.717) is 10.7 Å². The Morgan fingerprint density at radius 3 is 2.15 bits per heavy atom. The molecular weight excluding hydrogens is 296 g/mol. The highest BCUT2D eigenvalue weighted by Gasteiger charge is 2.16. The summed E-state index contributed by atoms with van der Waals surface area (Å²) in [4.78, 5) is 11.7. The van der Waals surface area contributed by atoms with E-state index in [1.165, 1.54) is 0 Å². The molecule has 0 saturated heterocycles. The average molecular weight is 306 g/mol. The second kappa shape index (κ2) is 5.55. The second-order valence-electron chi connectivity index (χ2n) is 2.74. The topological polar surface area (TPSA) is 17.1 Å². The lowest BCUT2D eigenvalue weighted by molar-refractivity contribution is 0.0945. The standard InChI is InChI=1S/C10H10Br2O/c11-6-9(7-12)10(13)8-4-2-1-3-5-8/h1-5,9H,6-7H2. The van der Waals surface area contributed by atoms with Crippen molar-refractivity contribution in [1.82, 2.24) is 0 Å². The minimum Gasteiger partial charge on any atom is -0.294 e. The van der Waals surface area contributed by atoms with Crippen molar-refractivity contribution in [3.63, 3.8) is 0 Å². The van der Waals surface area contributed by atoms with Crippen molar-refractivity contribution in [1.29, 1.82) is 0 Å². The first-order chi connectivity index (χ1) is 6.29. The molecule has 0 aliphatic heterocycles. The van der Waals surface area contributed by atoms with Crippen molar-refractivity contribution in [2.75, 3.05) is 10.7 Å². The van der Waals surface area contributed by atoms with Crippen molar-refractivity contribution in [3.05, 3.63) is 35.9 Å². The maximum absolute atomic E-state index is 11.7. The molecule has 0 amide bonds. The van der Waals surface area contributed by atoms with Crippen molar-refractivity contribution >= 4 is 37.6 Å². The van der Waals surface area contributed by atoms with Gasteiger partial charge in [-0.2, -0.15) is 0 Å². The number of ketones is 1. The van der Waals surface area contributed by atoms with Crippen molar-refractivity contribution < 1.29 is 4.79 Å². The third-order valence-corrected chi connectivity index (χ3v) is 3.36. The maximum Gasteiger partial charge on any atom is 0.167 e.